The maximum Gasteiger partial charge on any atom is 0.319 e. The van der Waals surface area contributed by atoms with Crippen LogP contribution in [-0.2, 0) is 4.79 Å². The lowest BCUT2D eigenvalue weighted by Crippen LogP contribution is -2.46. The van der Waals surface area contributed by atoms with E-state index in [1.165, 1.54) is 5.56 Å². The van der Waals surface area contributed by atoms with Gasteiger partial charge in [0.25, 0.3) is 0 Å². The van der Waals surface area contributed by atoms with Gasteiger partial charge in [0.05, 0.1) is 7.11 Å². The Morgan fingerprint density at radius 1 is 1.20 bits per heavy atom. The number of carbonyl (C=O) groups excluding carboxylic acids is 2. The van der Waals surface area contributed by atoms with Crippen LogP contribution in [0.15, 0.2) is 24.3 Å². The Morgan fingerprint density at radius 3 is 2.52 bits per heavy atom. The molecule has 6 nitrogen and oxygen atoms in total. The lowest BCUT2D eigenvalue weighted by Gasteiger charge is -2.33. The predicted molar refractivity (Wildman–Crippen MR) is 95.7 cm³/mol. The Labute approximate surface area is 149 Å². The fourth-order valence-corrected chi connectivity index (χ4v) is 3.59. The van der Waals surface area contributed by atoms with Gasteiger partial charge in [-0.3, -0.25) is 4.79 Å². The highest BCUT2D eigenvalue weighted by Gasteiger charge is 2.42. The zero-order valence-corrected chi connectivity index (χ0v) is 15.2. The lowest BCUT2D eigenvalue weighted by atomic mass is 9.96. The van der Waals surface area contributed by atoms with Crippen LogP contribution in [-0.4, -0.2) is 62.1 Å². The molecule has 3 amide bonds. The number of urea groups is 1. The van der Waals surface area contributed by atoms with E-state index in [-0.39, 0.29) is 23.9 Å². The van der Waals surface area contributed by atoms with Crippen molar-refractivity contribution in [1.82, 2.24) is 15.1 Å². The van der Waals surface area contributed by atoms with E-state index in [1.54, 1.807) is 26.1 Å². The molecule has 1 saturated carbocycles. The molecule has 0 spiro atoms. The topological polar surface area (TPSA) is 61.9 Å². The van der Waals surface area contributed by atoms with Crippen molar-refractivity contribution in [3.63, 3.8) is 0 Å². The second-order valence-corrected chi connectivity index (χ2v) is 7.14. The second kappa shape index (κ2) is 7.33. The summed E-state index contributed by atoms with van der Waals surface area (Å²) >= 11 is 0. The third-order valence-corrected chi connectivity index (χ3v) is 5.18. The number of nitrogens with zero attached hydrogens (tertiary/aromatic N) is 2. The monoisotopic (exact) mass is 345 g/mol. The average molecular weight is 345 g/mol. The number of piperidine rings is 1. The maximum atomic E-state index is 12.5. The second-order valence-electron chi connectivity index (χ2n) is 7.14. The van der Waals surface area contributed by atoms with Crippen molar-refractivity contribution in [1.29, 1.82) is 0 Å². The summed E-state index contributed by atoms with van der Waals surface area (Å²) in [5, 5.41) is 3.18. The number of likely N-dealkylation sites (tertiary alicyclic amines) is 1. The molecule has 2 fully saturated rings. The van der Waals surface area contributed by atoms with E-state index in [1.807, 2.05) is 23.1 Å². The number of hydrogen-bond donors (Lipinski definition) is 1. The minimum Gasteiger partial charge on any atom is -0.496 e. The number of para-hydroxylation sites is 1. The van der Waals surface area contributed by atoms with Crippen molar-refractivity contribution in [3.05, 3.63) is 29.8 Å². The standard InChI is InChI=1S/C19H27N3O3/c1-21(2)19(24)22-10-8-13(9-11-22)18(23)20-16-12-15(16)14-6-4-5-7-17(14)25-3/h4-7,13,15-16H,8-12H2,1-3H3,(H,20,23)/t15-,16-/m0/s1. The molecule has 1 aliphatic carbocycles. The molecule has 136 valence electrons. The SMILES string of the molecule is COc1ccccc1[C@@H]1C[C@@H]1NC(=O)C1CCN(C(=O)N(C)C)CC1. The molecule has 1 saturated heterocycles. The number of carbonyl (C=O) groups is 2. The largest absolute Gasteiger partial charge is 0.496 e. The van der Waals surface area contributed by atoms with E-state index < -0.39 is 0 Å². The molecule has 6 heteroatoms. The number of hydrogen-bond acceptors (Lipinski definition) is 3. The molecule has 2 aliphatic rings. The lowest BCUT2D eigenvalue weighted by molar-refractivity contribution is -0.126. The first-order valence-electron chi connectivity index (χ1n) is 8.90. The molecule has 0 aromatic heterocycles. The highest BCUT2D eigenvalue weighted by Crippen LogP contribution is 2.44. The van der Waals surface area contributed by atoms with Crippen LogP contribution in [0.25, 0.3) is 0 Å². The van der Waals surface area contributed by atoms with Crippen molar-refractivity contribution < 1.29 is 14.3 Å². The van der Waals surface area contributed by atoms with Crippen LogP contribution in [0.5, 0.6) is 5.75 Å². The van der Waals surface area contributed by atoms with Crippen molar-refractivity contribution in [2.24, 2.45) is 5.92 Å². The molecule has 3 rings (SSSR count). The molecule has 1 aliphatic heterocycles. The number of ether oxygens (including phenoxy) is 1. The van der Waals surface area contributed by atoms with Crippen molar-refractivity contribution >= 4 is 11.9 Å². The smallest absolute Gasteiger partial charge is 0.319 e. The van der Waals surface area contributed by atoms with E-state index >= 15 is 0 Å². The van der Waals surface area contributed by atoms with Gasteiger partial charge in [-0.25, -0.2) is 4.79 Å². The third-order valence-electron chi connectivity index (χ3n) is 5.18. The van der Waals surface area contributed by atoms with Crippen LogP contribution in [0, 0.1) is 5.92 Å². The summed E-state index contributed by atoms with van der Waals surface area (Å²) in [5.41, 5.74) is 1.17. The van der Waals surface area contributed by atoms with Crippen molar-refractivity contribution in [2.75, 3.05) is 34.3 Å². The van der Waals surface area contributed by atoms with Crippen LogP contribution >= 0.6 is 0 Å². The van der Waals surface area contributed by atoms with Crippen LogP contribution in [0.1, 0.15) is 30.7 Å². The maximum absolute atomic E-state index is 12.5. The number of nitrogens with one attached hydrogen (secondary N) is 1. The van der Waals surface area contributed by atoms with Crippen LogP contribution in [0.2, 0.25) is 0 Å². The van der Waals surface area contributed by atoms with Gasteiger partial charge in [0.2, 0.25) is 5.91 Å². The quantitative estimate of drug-likeness (QED) is 0.909. The Hall–Kier alpha value is -2.24. The minimum absolute atomic E-state index is 0.00475. The molecule has 0 bridgehead atoms. The Bertz CT molecular complexity index is 639. The summed E-state index contributed by atoms with van der Waals surface area (Å²) in [7, 11) is 5.19. The van der Waals surface area contributed by atoms with Crippen LogP contribution in [0.3, 0.4) is 0 Å². The predicted octanol–water partition coefficient (Wildman–Crippen LogP) is 2.06. The Balaban J connectivity index is 1.49. The van der Waals surface area contributed by atoms with E-state index in [4.69, 9.17) is 4.74 Å². The minimum atomic E-state index is 0.00475. The van der Waals surface area contributed by atoms with Gasteiger partial charge in [-0.2, -0.15) is 0 Å². The molecule has 1 aromatic rings. The molecular formula is C19H27N3O3. The fraction of sp³-hybridized carbons (Fsp3) is 0.579. The highest BCUT2D eigenvalue weighted by atomic mass is 16.5. The van der Waals surface area contributed by atoms with Crippen LogP contribution in [0.4, 0.5) is 4.79 Å². The summed E-state index contributed by atoms with van der Waals surface area (Å²) in [5.74, 6) is 1.36. The van der Waals surface area contributed by atoms with E-state index in [9.17, 15) is 9.59 Å². The van der Waals surface area contributed by atoms with Gasteiger partial charge in [-0.05, 0) is 30.9 Å². The number of methoxy groups -OCH3 is 1. The van der Waals surface area contributed by atoms with Gasteiger partial charge in [0, 0.05) is 45.1 Å². The zero-order chi connectivity index (χ0) is 18.0. The molecule has 2 atom stereocenters. The summed E-state index contributed by atoms with van der Waals surface area (Å²) in [6.07, 6.45) is 2.43. The molecule has 0 unspecified atom stereocenters. The first-order valence-corrected chi connectivity index (χ1v) is 8.90. The zero-order valence-electron chi connectivity index (χ0n) is 15.2. The van der Waals surface area contributed by atoms with Crippen molar-refractivity contribution in [2.45, 2.75) is 31.2 Å². The van der Waals surface area contributed by atoms with Gasteiger partial charge in [0.1, 0.15) is 5.75 Å². The van der Waals surface area contributed by atoms with Gasteiger partial charge in [-0.1, -0.05) is 18.2 Å². The van der Waals surface area contributed by atoms with Gasteiger partial charge in [0.15, 0.2) is 0 Å². The fourth-order valence-electron chi connectivity index (χ4n) is 3.59. The van der Waals surface area contributed by atoms with E-state index in [0.29, 0.717) is 19.0 Å². The van der Waals surface area contributed by atoms with Crippen molar-refractivity contribution in [3.8, 4) is 5.75 Å². The van der Waals surface area contributed by atoms with Gasteiger partial charge in [-0.15, -0.1) is 0 Å². The molecule has 1 heterocycles. The number of rotatable bonds is 4. The first-order chi connectivity index (χ1) is 12.0. The van der Waals surface area contributed by atoms with Gasteiger partial charge >= 0.3 is 6.03 Å². The third kappa shape index (κ3) is 3.89. The molecular weight excluding hydrogens is 318 g/mol. The molecule has 1 N–H and O–H groups in total. The van der Waals surface area contributed by atoms with Gasteiger partial charge < -0.3 is 19.9 Å². The molecule has 0 radical (unpaired) electrons. The van der Waals surface area contributed by atoms with E-state index in [2.05, 4.69) is 11.4 Å². The number of benzene rings is 1. The average Bonchev–Trinajstić information content (AvgIpc) is 3.39. The molecule has 1 aromatic carbocycles. The highest BCUT2D eigenvalue weighted by molar-refractivity contribution is 5.80. The summed E-state index contributed by atoms with van der Waals surface area (Å²) in [6.45, 7) is 1.30. The Kier molecular flexibility index (Phi) is 5.16. The summed E-state index contributed by atoms with van der Waals surface area (Å²) < 4.78 is 5.42. The number of amides is 3. The summed E-state index contributed by atoms with van der Waals surface area (Å²) in [6, 6.07) is 8.22. The normalized spacial score (nSPS) is 23.1. The molecule has 25 heavy (non-hydrogen) atoms. The Morgan fingerprint density at radius 2 is 1.88 bits per heavy atom. The van der Waals surface area contributed by atoms with Crippen LogP contribution < -0.4 is 10.1 Å². The first kappa shape index (κ1) is 17.6. The van der Waals surface area contributed by atoms with E-state index in [0.717, 1.165) is 25.0 Å². The summed E-state index contributed by atoms with van der Waals surface area (Å²) in [4.78, 5) is 27.9.